The number of hydrogen-bond acceptors (Lipinski definition) is 3. The fourth-order valence-corrected chi connectivity index (χ4v) is 1.66. The molecule has 0 unspecified atom stereocenters. The summed E-state index contributed by atoms with van der Waals surface area (Å²) in [6.45, 7) is 6.58. The molecule has 0 heterocycles. The molecule has 0 atom stereocenters. The lowest BCUT2D eigenvalue weighted by Gasteiger charge is -2.11. The Morgan fingerprint density at radius 1 is 1.41 bits per heavy atom. The fraction of sp³-hybridized carbons (Fsp3) is 0.385. The summed E-state index contributed by atoms with van der Waals surface area (Å²) in [6, 6.07) is 5.63. The SMILES string of the molecule is C=CCc1cc(Cl)ccc1OCCNCCN. The lowest BCUT2D eigenvalue weighted by molar-refractivity contribution is 0.312. The summed E-state index contributed by atoms with van der Waals surface area (Å²) < 4.78 is 5.68. The number of nitrogens with two attached hydrogens (primary N) is 1. The van der Waals surface area contributed by atoms with Gasteiger partial charge in [0, 0.05) is 24.7 Å². The predicted octanol–water partition coefficient (Wildman–Crippen LogP) is 2.00. The second-order valence-electron chi connectivity index (χ2n) is 3.63. The summed E-state index contributed by atoms with van der Waals surface area (Å²) in [6.07, 6.45) is 2.59. The minimum Gasteiger partial charge on any atom is -0.492 e. The Morgan fingerprint density at radius 2 is 2.24 bits per heavy atom. The first-order chi connectivity index (χ1) is 8.27. The van der Waals surface area contributed by atoms with E-state index in [1.807, 2.05) is 24.3 Å². The molecule has 4 heteroatoms. The Labute approximate surface area is 108 Å². The van der Waals surface area contributed by atoms with Crippen molar-refractivity contribution in [1.82, 2.24) is 5.32 Å². The number of hydrogen-bond donors (Lipinski definition) is 2. The Balaban J connectivity index is 2.48. The maximum absolute atomic E-state index is 5.94. The molecule has 1 aromatic carbocycles. The van der Waals surface area contributed by atoms with Crippen LogP contribution >= 0.6 is 11.6 Å². The Morgan fingerprint density at radius 3 is 2.94 bits per heavy atom. The molecular formula is C13H19ClN2O. The highest BCUT2D eigenvalue weighted by Crippen LogP contribution is 2.23. The third-order valence-electron chi connectivity index (χ3n) is 2.24. The molecule has 0 aliphatic rings. The van der Waals surface area contributed by atoms with Gasteiger partial charge >= 0.3 is 0 Å². The van der Waals surface area contributed by atoms with Crippen molar-refractivity contribution in [1.29, 1.82) is 0 Å². The van der Waals surface area contributed by atoms with Crippen molar-refractivity contribution in [3.63, 3.8) is 0 Å². The van der Waals surface area contributed by atoms with Gasteiger partial charge in [0.1, 0.15) is 12.4 Å². The molecule has 0 saturated carbocycles. The van der Waals surface area contributed by atoms with Crippen LogP contribution in [0.25, 0.3) is 0 Å². The number of benzene rings is 1. The van der Waals surface area contributed by atoms with E-state index in [0.29, 0.717) is 13.2 Å². The Kier molecular flexibility index (Phi) is 6.70. The van der Waals surface area contributed by atoms with Gasteiger partial charge in [-0.05, 0) is 30.2 Å². The van der Waals surface area contributed by atoms with E-state index in [4.69, 9.17) is 22.1 Å². The zero-order valence-electron chi connectivity index (χ0n) is 9.92. The molecule has 3 N–H and O–H groups in total. The Hall–Kier alpha value is -1.03. The molecule has 17 heavy (non-hydrogen) atoms. The molecule has 0 bridgehead atoms. The smallest absolute Gasteiger partial charge is 0.122 e. The highest BCUT2D eigenvalue weighted by Gasteiger charge is 2.03. The van der Waals surface area contributed by atoms with Crippen LogP contribution in [0.2, 0.25) is 5.02 Å². The molecule has 0 amide bonds. The topological polar surface area (TPSA) is 47.3 Å². The van der Waals surface area contributed by atoms with Gasteiger partial charge in [-0.25, -0.2) is 0 Å². The largest absolute Gasteiger partial charge is 0.492 e. The number of nitrogens with one attached hydrogen (secondary N) is 1. The van der Waals surface area contributed by atoms with E-state index in [-0.39, 0.29) is 0 Å². The molecule has 0 aliphatic carbocycles. The van der Waals surface area contributed by atoms with Crippen LogP contribution in [0.4, 0.5) is 0 Å². The van der Waals surface area contributed by atoms with Gasteiger partial charge in [-0.15, -0.1) is 6.58 Å². The molecule has 1 rings (SSSR count). The van der Waals surface area contributed by atoms with Crippen LogP contribution in [0, 0.1) is 0 Å². The first-order valence-corrected chi connectivity index (χ1v) is 6.08. The van der Waals surface area contributed by atoms with Crippen molar-refractivity contribution < 1.29 is 4.74 Å². The first kappa shape index (κ1) is 14.0. The summed E-state index contributed by atoms with van der Waals surface area (Å²) in [5, 5.41) is 3.89. The highest BCUT2D eigenvalue weighted by atomic mass is 35.5. The van der Waals surface area contributed by atoms with E-state index >= 15 is 0 Å². The van der Waals surface area contributed by atoms with E-state index in [1.54, 1.807) is 0 Å². The number of halogens is 1. The van der Waals surface area contributed by atoms with Gasteiger partial charge in [0.2, 0.25) is 0 Å². The lowest BCUT2D eigenvalue weighted by atomic mass is 10.1. The molecule has 94 valence electrons. The summed E-state index contributed by atoms with van der Waals surface area (Å²) in [5.74, 6) is 0.865. The number of allylic oxidation sites excluding steroid dienone is 1. The molecule has 1 aromatic rings. The third-order valence-corrected chi connectivity index (χ3v) is 2.48. The van der Waals surface area contributed by atoms with Crippen molar-refractivity contribution >= 4 is 11.6 Å². The van der Waals surface area contributed by atoms with Gasteiger partial charge in [-0.1, -0.05) is 17.7 Å². The zero-order chi connectivity index (χ0) is 12.5. The standard InChI is InChI=1S/C13H19ClN2O/c1-2-3-11-10-12(14)4-5-13(11)17-9-8-16-7-6-15/h2,4-5,10,16H,1,3,6-9,15H2. The van der Waals surface area contributed by atoms with Crippen molar-refractivity contribution in [2.24, 2.45) is 5.73 Å². The summed E-state index contributed by atoms with van der Waals surface area (Å²) >= 11 is 5.94. The Bertz CT molecular complexity index is 355. The zero-order valence-corrected chi connectivity index (χ0v) is 10.7. The highest BCUT2D eigenvalue weighted by molar-refractivity contribution is 6.30. The average molecular weight is 255 g/mol. The molecule has 0 aliphatic heterocycles. The van der Waals surface area contributed by atoms with Crippen LogP contribution in [-0.4, -0.2) is 26.2 Å². The second-order valence-corrected chi connectivity index (χ2v) is 4.07. The second kappa shape index (κ2) is 8.12. The van der Waals surface area contributed by atoms with Gasteiger partial charge in [0.05, 0.1) is 0 Å². The molecule has 3 nitrogen and oxygen atoms in total. The third kappa shape index (κ3) is 5.22. The van der Waals surface area contributed by atoms with Gasteiger partial charge < -0.3 is 15.8 Å². The maximum atomic E-state index is 5.94. The van der Waals surface area contributed by atoms with Crippen LogP contribution < -0.4 is 15.8 Å². The molecule has 0 fully saturated rings. The van der Waals surface area contributed by atoms with Gasteiger partial charge in [-0.3, -0.25) is 0 Å². The summed E-state index contributed by atoms with van der Waals surface area (Å²) in [7, 11) is 0. The van der Waals surface area contributed by atoms with E-state index in [1.165, 1.54) is 0 Å². The van der Waals surface area contributed by atoms with Crippen molar-refractivity contribution in [3.8, 4) is 5.75 Å². The van der Waals surface area contributed by atoms with Crippen molar-refractivity contribution in [2.45, 2.75) is 6.42 Å². The minimum atomic E-state index is 0.617. The minimum absolute atomic E-state index is 0.617. The fourth-order valence-electron chi connectivity index (χ4n) is 1.46. The molecule has 0 radical (unpaired) electrons. The van der Waals surface area contributed by atoms with Crippen LogP contribution in [0.5, 0.6) is 5.75 Å². The molecule has 0 spiro atoms. The normalized spacial score (nSPS) is 10.2. The van der Waals surface area contributed by atoms with E-state index < -0.39 is 0 Å². The van der Waals surface area contributed by atoms with E-state index in [2.05, 4.69) is 11.9 Å². The lowest BCUT2D eigenvalue weighted by Crippen LogP contribution is -2.26. The van der Waals surface area contributed by atoms with Crippen molar-refractivity contribution in [3.05, 3.63) is 41.4 Å². The molecular weight excluding hydrogens is 236 g/mol. The average Bonchev–Trinajstić information content (AvgIpc) is 2.32. The van der Waals surface area contributed by atoms with Crippen LogP contribution in [0.15, 0.2) is 30.9 Å². The number of ether oxygens (including phenoxy) is 1. The van der Waals surface area contributed by atoms with E-state index in [9.17, 15) is 0 Å². The quantitative estimate of drug-likeness (QED) is 0.551. The summed E-state index contributed by atoms with van der Waals surface area (Å²) in [4.78, 5) is 0. The van der Waals surface area contributed by atoms with Crippen molar-refractivity contribution in [2.75, 3.05) is 26.2 Å². The predicted molar refractivity (Wildman–Crippen MR) is 72.8 cm³/mol. The van der Waals surface area contributed by atoms with Crippen LogP contribution in [-0.2, 0) is 6.42 Å². The maximum Gasteiger partial charge on any atom is 0.122 e. The van der Waals surface area contributed by atoms with Gasteiger partial charge in [-0.2, -0.15) is 0 Å². The van der Waals surface area contributed by atoms with Crippen LogP contribution in [0.3, 0.4) is 0 Å². The van der Waals surface area contributed by atoms with Crippen LogP contribution in [0.1, 0.15) is 5.56 Å². The van der Waals surface area contributed by atoms with Gasteiger partial charge in [0.15, 0.2) is 0 Å². The first-order valence-electron chi connectivity index (χ1n) is 5.71. The monoisotopic (exact) mass is 254 g/mol. The molecule has 0 aromatic heterocycles. The molecule has 0 saturated heterocycles. The van der Waals surface area contributed by atoms with E-state index in [0.717, 1.165) is 35.8 Å². The van der Waals surface area contributed by atoms with Gasteiger partial charge in [0.25, 0.3) is 0 Å². The number of rotatable bonds is 8. The summed E-state index contributed by atoms with van der Waals surface area (Å²) in [5.41, 5.74) is 6.43.